The molecular weight excluding hydrogens is 337 g/mol. The van der Waals surface area contributed by atoms with Crippen LogP contribution in [0.15, 0.2) is 41.8 Å². The van der Waals surface area contributed by atoms with Crippen LogP contribution in [0.25, 0.3) is 0 Å². The predicted molar refractivity (Wildman–Crippen MR) is 95.7 cm³/mol. The number of benzene rings is 1. The molecule has 0 aliphatic carbocycles. The second-order valence-electron chi connectivity index (χ2n) is 7.08. The van der Waals surface area contributed by atoms with Crippen LogP contribution in [0.2, 0.25) is 0 Å². The Bertz CT molecular complexity index is 723. The number of halogens is 1. The van der Waals surface area contributed by atoms with Crippen LogP contribution in [0.5, 0.6) is 0 Å². The summed E-state index contributed by atoms with van der Waals surface area (Å²) >= 11 is 1.54. The minimum atomic E-state index is -0.852. The first kappa shape index (κ1) is 16.9. The molecule has 1 aromatic carbocycles. The highest BCUT2D eigenvalue weighted by Gasteiger charge is 2.48. The van der Waals surface area contributed by atoms with Gasteiger partial charge in [-0.1, -0.05) is 23.9 Å². The normalized spacial score (nSPS) is 29.1. The molecule has 25 heavy (non-hydrogen) atoms. The summed E-state index contributed by atoms with van der Waals surface area (Å²) in [4.78, 5) is 11.2. The first-order valence-electron chi connectivity index (χ1n) is 8.66. The van der Waals surface area contributed by atoms with Crippen molar-refractivity contribution in [1.82, 2.24) is 14.9 Å². The maximum Gasteiger partial charge on any atom is 0.187 e. The van der Waals surface area contributed by atoms with Crippen LogP contribution in [0.4, 0.5) is 4.39 Å². The lowest BCUT2D eigenvalue weighted by Gasteiger charge is -2.44. The summed E-state index contributed by atoms with van der Waals surface area (Å²) in [5, 5.41) is 12.0. The molecule has 0 amide bonds. The lowest BCUT2D eigenvalue weighted by molar-refractivity contribution is -0.0595. The number of piperidine rings is 1. The van der Waals surface area contributed by atoms with Gasteiger partial charge in [-0.05, 0) is 49.6 Å². The van der Waals surface area contributed by atoms with Crippen molar-refractivity contribution in [3.63, 3.8) is 0 Å². The van der Waals surface area contributed by atoms with Crippen molar-refractivity contribution in [2.75, 3.05) is 6.26 Å². The van der Waals surface area contributed by atoms with Crippen LogP contribution < -0.4 is 0 Å². The van der Waals surface area contributed by atoms with Crippen LogP contribution in [0.1, 0.15) is 36.8 Å². The Labute approximate surface area is 151 Å². The van der Waals surface area contributed by atoms with Gasteiger partial charge in [-0.3, -0.25) is 4.90 Å². The molecule has 0 saturated carbocycles. The lowest BCUT2D eigenvalue weighted by atomic mass is 9.80. The van der Waals surface area contributed by atoms with Gasteiger partial charge in [0, 0.05) is 36.6 Å². The van der Waals surface area contributed by atoms with Gasteiger partial charge in [0.25, 0.3) is 0 Å². The number of rotatable bonds is 4. The third-order valence-corrected chi connectivity index (χ3v) is 6.10. The average Bonchev–Trinajstić information content (AvgIpc) is 2.87. The van der Waals surface area contributed by atoms with Crippen molar-refractivity contribution in [3.8, 4) is 0 Å². The molecule has 0 radical (unpaired) electrons. The summed E-state index contributed by atoms with van der Waals surface area (Å²) in [5.74, 6) is -0.263. The van der Waals surface area contributed by atoms with E-state index in [-0.39, 0.29) is 5.82 Å². The summed E-state index contributed by atoms with van der Waals surface area (Å²) in [6, 6.07) is 7.00. The zero-order valence-electron chi connectivity index (χ0n) is 14.2. The maximum absolute atomic E-state index is 13.2. The lowest BCUT2D eigenvalue weighted by Crippen LogP contribution is -2.49. The van der Waals surface area contributed by atoms with Crippen molar-refractivity contribution in [2.45, 2.75) is 55.1 Å². The number of fused-ring (bicyclic) bond motifs is 2. The van der Waals surface area contributed by atoms with Gasteiger partial charge in [0.1, 0.15) is 5.82 Å². The van der Waals surface area contributed by atoms with Crippen LogP contribution >= 0.6 is 11.8 Å². The second kappa shape index (κ2) is 6.67. The minimum Gasteiger partial charge on any atom is -0.385 e. The van der Waals surface area contributed by atoms with E-state index in [4.69, 9.17) is 0 Å². The molecule has 132 valence electrons. The Morgan fingerprint density at radius 3 is 2.32 bits per heavy atom. The fraction of sp³-hybridized carbons (Fsp3) is 0.474. The number of aromatic nitrogens is 2. The van der Waals surface area contributed by atoms with Gasteiger partial charge in [-0.25, -0.2) is 14.4 Å². The largest absolute Gasteiger partial charge is 0.385 e. The zero-order chi connectivity index (χ0) is 17.4. The zero-order valence-corrected chi connectivity index (χ0v) is 15.0. The molecule has 2 fully saturated rings. The number of aliphatic hydroxyl groups is 1. The number of nitrogens with zero attached hydrogens (tertiary/aromatic N) is 3. The smallest absolute Gasteiger partial charge is 0.187 e. The standard InChI is InChI=1S/C19H22FN3OS/c1-25-18-21-10-13(11-22-18)12-23-16-6-7-17(23)9-19(24,8-16)14-2-4-15(20)5-3-14/h2-5,10-11,16-17,24H,6-9,12H2,1H3/t16-,17-/m0/s1. The second-order valence-corrected chi connectivity index (χ2v) is 7.86. The van der Waals surface area contributed by atoms with Gasteiger partial charge in [-0.15, -0.1) is 0 Å². The number of hydrogen-bond acceptors (Lipinski definition) is 5. The van der Waals surface area contributed by atoms with Gasteiger partial charge >= 0.3 is 0 Å². The van der Waals surface area contributed by atoms with Crippen LogP contribution in [0.3, 0.4) is 0 Å². The Hall–Kier alpha value is -1.50. The number of hydrogen-bond donors (Lipinski definition) is 1. The topological polar surface area (TPSA) is 49.2 Å². The summed E-state index contributed by atoms with van der Waals surface area (Å²) in [6.45, 7) is 0.823. The SMILES string of the molecule is CSc1ncc(CN2[C@H]3CC[C@H]2CC(O)(c2ccc(F)cc2)C3)cn1. The van der Waals surface area contributed by atoms with Crippen molar-refractivity contribution in [3.05, 3.63) is 53.6 Å². The number of thioether (sulfide) groups is 1. The van der Waals surface area contributed by atoms with Gasteiger partial charge < -0.3 is 5.11 Å². The Morgan fingerprint density at radius 2 is 1.76 bits per heavy atom. The molecule has 2 aromatic rings. The average molecular weight is 359 g/mol. The quantitative estimate of drug-likeness (QED) is 0.670. The molecule has 2 aliphatic heterocycles. The molecule has 3 heterocycles. The van der Waals surface area contributed by atoms with Crippen molar-refractivity contribution in [1.29, 1.82) is 0 Å². The summed E-state index contributed by atoms with van der Waals surface area (Å²) < 4.78 is 13.2. The fourth-order valence-electron chi connectivity index (χ4n) is 4.31. The van der Waals surface area contributed by atoms with Crippen molar-refractivity contribution >= 4 is 11.8 Å². The first-order chi connectivity index (χ1) is 12.1. The molecular formula is C19H22FN3OS. The van der Waals surface area contributed by atoms with E-state index in [0.717, 1.165) is 35.7 Å². The van der Waals surface area contributed by atoms with E-state index in [0.29, 0.717) is 24.9 Å². The molecule has 0 spiro atoms. The molecule has 2 saturated heterocycles. The van der Waals surface area contributed by atoms with Crippen molar-refractivity contribution < 1.29 is 9.50 Å². The molecule has 4 nitrogen and oxygen atoms in total. The Morgan fingerprint density at radius 1 is 1.16 bits per heavy atom. The molecule has 2 atom stereocenters. The van der Waals surface area contributed by atoms with E-state index in [1.54, 1.807) is 12.1 Å². The first-order valence-corrected chi connectivity index (χ1v) is 9.89. The van der Waals surface area contributed by atoms with Crippen LogP contribution in [-0.2, 0) is 12.1 Å². The van der Waals surface area contributed by atoms with E-state index in [9.17, 15) is 9.50 Å². The summed E-state index contributed by atoms with van der Waals surface area (Å²) in [5.41, 5.74) is 1.09. The maximum atomic E-state index is 13.2. The Balaban J connectivity index is 1.50. The van der Waals surface area contributed by atoms with Gasteiger partial charge in [0.15, 0.2) is 5.16 Å². The third kappa shape index (κ3) is 3.30. The van der Waals surface area contributed by atoms with Gasteiger partial charge in [0.05, 0.1) is 5.60 Å². The van der Waals surface area contributed by atoms with E-state index in [2.05, 4.69) is 14.9 Å². The third-order valence-electron chi connectivity index (χ3n) is 5.53. The van der Waals surface area contributed by atoms with Gasteiger partial charge in [0.2, 0.25) is 0 Å². The highest BCUT2D eigenvalue weighted by Crippen LogP contribution is 2.46. The van der Waals surface area contributed by atoms with Crippen molar-refractivity contribution in [2.24, 2.45) is 0 Å². The van der Waals surface area contributed by atoms with E-state index >= 15 is 0 Å². The molecule has 1 aromatic heterocycles. The minimum absolute atomic E-state index is 0.263. The highest BCUT2D eigenvalue weighted by molar-refractivity contribution is 7.98. The predicted octanol–water partition coefficient (Wildman–Crippen LogP) is 3.35. The van der Waals surface area contributed by atoms with E-state index in [1.165, 1.54) is 23.9 Å². The summed E-state index contributed by atoms with van der Waals surface area (Å²) in [6.07, 6.45) is 9.35. The van der Waals surface area contributed by atoms with Crippen LogP contribution in [-0.4, -0.2) is 38.3 Å². The highest BCUT2D eigenvalue weighted by atomic mass is 32.2. The molecule has 2 aliphatic rings. The Kier molecular flexibility index (Phi) is 4.52. The molecule has 0 unspecified atom stereocenters. The fourth-order valence-corrected chi connectivity index (χ4v) is 4.63. The molecule has 1 N–H and O–H groups in total. The van der Waals surface area contributed by atoms with E-state index in [1.807, 2.05) is 18.6 Å². The van der Waals surface area contributed by atoms with E-state index < -0.39 is 5.60 Å². The van der Waals surface area contributed by atoms with Gasteiger partial charge in [-0.2, -0.15) is 0 Å². The summed E-state index contributed by atoms with van der Waals surface area (Å²) in [7, 11) is 0. The molecule has 4 rings (SSSR count). The van der Waals surface area contributed by atoms with Crippen LogP contribution in [0, 0.1) is 5.82 Å². The molecule has 2 bridgehead atoms. The molecule has 6 heteroatoms. The monoisotopic (exact) mass is 359 g/mol.